The molecule has 2 saturated heterocycles. The number of anilines is 1. The van der Waals surface area contributed by atoms with Crippen LogP contribution >= 0.6 is 15.6 Å². The van der Waals surface area contributed by atoms with Crippen LogP contribution in [-0.2, 0) is 32.0 Å². The molecule has 3 aromatic rings. The molecule has 0 aliphatic carbocycles. The van der Waals surface area contributed by atoms with Gasteiger partial charge in [-0.05, 0) is 6.07 Å². The van der Waals surface area contributed by atoms with Gasteiger partial charge in [-0.1, -0.05) is 0 Å². The molecule has 13 N–H and O–H groups in total. The van der Waals surface area contributed by atoms with E-state index in [4.69, 9.17) is 20.9 Å². The van der Waals surface area contributed by atoms with Crippen LogP contribution in [-0.4, -0.2) is 112 Å². The van der Waals surface area contributed by atoms with Gasteiger partial charge in [-0.15, -0.1) is 0 Å². The number of carbonyl (C=O) groups is 1. The molecule has 256 valence electrons. The van der Waals surface area contributed by atoms with Gasteiger partial charge in [-0.25, -0.2) is 23.8 Å². The van der Waals surface area contributed by atoms with Gasteiger partial charge in [0.1, 0.15) is 47.9 Å². The van der Waals surface area contributed by atoms with Gasteiger partial charge in [0.25, 0.3) is 20.0 Å². The Bertz CT molecular complexity index is 1630. The first kappa shape index (κ1) is 37.4. The zero-order valence-electron chi connectivity index (χ0n) is 23.2. The Morgan fingerprint density at radius 3 is 2.37 bits per heavy atom. The normalized spacial score (nSPS) is 30.2. The first-order chi connectivity index (χ1) is 20.7. The summed E-state index contributed by atoms with van der Waals surface area (Å²) in [5.41, 5.74) is 11.4. The lowest BCUT2D eigenvalue weighted by Gasteiger charge is -2.26. The molecule has 10 atom stereocenters. The molecule has 3 aromatic heterocycles. The van der Waals surface area contributed by atoms with E-state index in [1.54, 1.807) is 0 Å². The minimum atomic E-state index is -5.62. The minimum absolute atomic E-state index is 0. The summed E-state index contributed by atoms with van der Waals surface area (Å²) in [5, 5.41) is 41.6. The average Bonchev–Trinajstić information content (AvgIpc) is 3.61. The molecule has 25 heteroatoms. The largest absolute Gasteiger partial charge is 0.756 e. The third kappa shape index (κ3) is 7.71. The van der Waals surface area contributed by atoms with E-state index in [1.165, 1.54) is 40.0 Å². The lowest BCUT2D eigenvalue weighted by molar-refractivity contribution is -0.765. The van der Waals surface area contributed by atoms with Crippen molar-refractivity contribution < 1.29 is 82.5 Å². The van der Waals surface area contributed by atoms with Crippen molar-refractivity contribution in [1.82, 2.24) is 19.5 Å². The zero-order chi connectivity index (χ0) is 32.0. The molecule has 1 amide bonds. The monoisotopic (exact) mass is 699 g/mol. The van der Waals surface area contributed by atoms with Crippen LogP contribution in [0.25, 0.3) is 11.2 Å². The Morgan fingerprint density at radius 1 is 1.02 bits per heavy atom. The fourth-order valence-electron chi connectivity index (χ4n) is 4.57. The summed E-state index contributed by atoms with van der Waals surface area (Å²) in [6, 6.07) is 2.82. The predicted molar refractivity (Wildman–Crippen MR) is 144 cm³/mol. The van der Waals surface area contributed by atoms with Gasteiger partial charge < -0.3 is 66.6 Å². The maximum absolute atomic E-state index is 12.4. The summed E-state index contributed by atoms with van der Waals surface area (Å²) in [6.45, 7) is -1.89. The maximum Gasteiger partial charge on any atom is 0.478 e. The third-order valence-electron chi connectivity index (χ3n) is 6.74. The van der Waals surface area contributed by atoms with Gasteiger partial charge in [0.05, 0.1) is 19.5 Å². The summed E-state index contributed by atoms with van der Waals surface area (Å²) in [7, 11) is -11.0. The number of fused-ring (bicyclic) bond motifs is 1. The Balaban J connectivity index is 0.00000288. The number of phosphoric acid groups is 2. The van der Waals surface area contributed by atoms with E-state index in [-0.39, 0.29) is 33.5 Å². The van der Waals surface area contributed by atoms with E-state index < -0.39 is 83.8 Å². The molecule has 2 aliphatic heterocycles. The second kappa shape index (κ2) is 14.4. The van der Waals surface area contributed by atoms with Crippen molar-refractivity contribution >= 4 is 38.5 Å². The quantitative estimate of drug-likeness (QED) is 0.0725. The molecule has 0 bridgehead atoms. The van der Waals surface area contributed by atoms with Crippen LogP contribution in [0.3, 0.4) is 0 Å². The van der Waals surface area contributed by atoms with E-state index in [2.05, 4.69) is 28.3 Å². The molecule has 0 aromatic carbocycles. The number of aliphatic hydroxyl groups excluding tert-OH is 4. The number of amides is 1. The first-order valence-electron chi connectivity index (χ1n) is 12.6. The fraction of sp³-hybridized carbons (Fsp3) is 0.476. The average molecular weight is 699 g/mol. The number of imidazole rings is 1. The number of nitrogens with two attached hydrogens (primary N) is 2. The highest BCUT2D eigenvalue weighted by Gasteiger charge is 2.49. The van der Waals surface area contributed by atoms with Crippen molar-refractivity contribution in [3.05, 3.63) is 42.7 Å². The highest BCUT2D eigenvalue weighted by molar-refractivity contribution is 7.60. The molecule has 5 heterocycles. The molecule has 46 heavy (non-hydrogen) atoms. The van der Waals surface area contributed by atoms with E-state index in [9.17, 15) is 44.1 Å². The Hall–Kier alpha value is -3.09. The fourth-order valence-corrected chi connectivity index (χ4v) is 6.62. The molecular weight excluding hydrogens is 668 g/mol. The summed E-state index contributed by atoms with van der Waals surface area (Å²) < 4.78 is 51.5. The number of aliphatic hydroxyl groups is 4. The number of hydrogen-bond acceptors (Lipinski definition) is 17. The zero-order valence-corrected chi connectivity index (χ0v) is 25.0. The van der Waals surface area contributed by atoms with Gasteiger partial charge in [-0.2, -0.15) is 4.57 Å². The van der Waals surface area contributed by atoms with Crippen LogP contribution in [0.4, 0.5) is 5.82 Å². The minimum Gasteiger partial charge on any atom is -0.756 e. The number of ether oxygens (including phenoxy) is 2. The molecule has 0 radical (unpaired) electrons. The van der Waals surface area contributed by atoms with E-state index in [0.29, 0.717) is 0 Å². The maximum atomic E-state index is 12.4. The van der Waals surface area contributed by atoms with Gasteiger partial charge in [0.2, 0.25) is 0 Å². The number of nitrogens with zero attached hydrogens (tertiary/aromatic N) is 5. The SMILES string of the molecule is NC(=O)c1ccc[n+]([C@@H]2O[C@H](COP(=O)([O-])OP(=O)(O)OC[C@H]3O[C@@H](n4cnc5c(N)ncnc54)[C@H](O)[C@@H]3O)[C@@H](O)[C@H]2O)c1.O.O. The van der Waals surface area contributed by atoms with Gasteiger partial charge in [0.15, 0.2) is 36.2 Å². The van der Waals surface area contributed by atoms with Crippen molar-refractivity contribution in [2.75, 3.05) is 18.9 Å². The molecule has 2 fully saturated rings. The number of rotatable bonds is 11. The van der Waals surface area contributed by atoms with Crippen LogP contribution in [0, 0.1) is 0 Å². The van der Waals surface area contributed by atoms with Crippen molar-refractivity contribution in [3.63, 3.8) is 0 Å². The Kier molecular flexibility index (Phi) is 11.7. The van der Waals surface area contributed by atoms with Crippen molar-refractivity contribution in [3.8, 4) is 0 Å². The van der Waals surface area contributed by atoms with Gasteiger partial charge in [-0.3, -0.25) is 18.5 Å². The summed E-state index contributed by atoms with van der Waals surface area (Å²) >= 11 is 0. The molecule has 0 saturated carbocycles. The second-order valence-corrected chi connectivity index (χ2v) is 12.7. The van der Waals surface area contributed by atoms with Crippen molar-refractivity contribution in [1.29, 1.82) is 0 Å². The predicted octanol–water partition coefficient (Wildman–Crippen LogP) is -5.30. The van der Waals surface area contributed by atoms with Crippen molar-refractivity contribution in [2.45, 2.75) is 49.1 Å². The summed E-state index contributed by atoms with van der Waals surface area (Å²) in [5.74, 6) is -0.729. The molecular formula is C21H31N7O16P2. The van der Waals surface area contributed by atoms with Crippen LogP contribution in [0.2, 0.25) is 0 Å². The number of phosphoric ester groups is 2. The lowest BCUT2D eigenvalue weighted by Crippen LogP contribution is -2.46. The number of primary amides is 1. The number of pyridine rings is 1. The molecule has 5 rings (SSSR count). The van der Waals surface area contributed by atoms with Crippen molar-refractivity contribution in [2.24, 2.45) is 5.73 Å². The highest BCUT2D eigenvalue weighted by Crippen LogP contribution is 2.58. The number of aromatic nitrogens is 5. The highest BCUT2D eigenvalue weighted by atomic mass is 31.3. The van der Waals surface area contributed by atoms with Gasteiger partial charge in [0, 0.05) is 6.07 Å². The number of nitrogen functional groups attached to an aromatic ring is 1. The van der Waals surface area contributed by atoms with Gasteiger partial charge >= 0.3 is 7.82 Å². The van der Waals surface area contributed by atoms with Crippen LogP contribution in [0.5, 0.6) is 0 Å². The van der Waals surface area contributed by atoms with Crippen LogP contribution in [0.15, 0.2) is 37.2 Å². The van der Waals surface area contributed by atoms with Crippen LogP contribution < -0.4 is 20.9 Å². The Labute approximate surface area is 257 Å². The third-order valence-corrected chi connectivity index (χ3v) is 9.30. The number of carbonyl (C=O) groups excluding carboxylic acids is 1. The number of hydrogen-bond donors (Lipinski definition) is 7. The standard InChI is InChI=1S/C21H27N7O14P2.2H2O/c22-17-12-19(25-7-24-17)28(8-26-12)21-16(32)14(30)11(41-21)6-39-44(36,37)42-43(34,35)38-5-10-13(29)15(31)20(40-10)27-3-1-2-9(4-27)18(23)33;;/h1-4,7-8,10-11,13-16,20-21,29-32H,5-6H2,(H5-,22,23,24,25,33,34,35,36,37);2*1H2/t10-,11-,13-,14-,15-,16-,20-,21-;;/m1../s1. The summed E-state index contributed by atoms with van der Waals surface area (Å²) in [4.78, 5) is 45.5. The topological polar surface area (TPSA) is 384 Å². The lowest BCUT2D eigenvalue weighted by atomic mass is 10.1. The molecule has 0 spiro atoms. The second-order valence-electron chi connectivity index (χ2n) is 9.67. The molecule has 2 unspecified atom stereocenters. The smallest absolute Gasteiger partial charge is 0.478 e. The van der Waals surface area contributed by atoms with E-state index in [1.807, 2.05) is 0 Å². The molecule has 2 aliphatic rings. The first-order valence-corrected chi connectivity index (χ1v) is 15.5. The van der Waals surface area contributed by atoms with Crippen LogP contribution in [0.1, 0.15) is 22.8 Å². The summed E-state index contributed by atoms with van der Waals surface area (Å²) in [6.07, 6.45) is -7.05. The Morgan fingerprint density at radius 2 is 1.67 bits per heavy atom. The van der Waals surface area contributed by atoms with E-state index in [0.717, 1.165) is 6.33 Å². The molecule has 23 nitrogen and oxygen atoms in total. The van der Waals surface area contributed by atoms with E-state index >= 15 is 0 Å².